The van der Waals surface area contributed by atoms with Crippen LogP contribution in [-0.4, -0.2) is 15.7 Å². The molecule has 1 aromatic heterocycles. The number of amides is 1. The highest BCUT2D eigenvalue weighted by Crippen LogP contribution is 2.22. The van der Waals surface area contributed by atoms with Crippen LogP contribution >= 0.6 is 0 Å². The van der Waals surface area contributed by atoms with Gasteiger partial charge in [-0.1, -0.05) is 18.2 Å². The van der Waals surface area contributed by atoms with Gasteiger partial charge in [0.2, 0.25) is 0 Å². The Kier molecular flexibility index (Phi) is 4.12. The van der Waals surface area contributed by atoms with Gasteiger partial charge in [0, 0.05) is 11.6 Å². The van der Waals surface area contributed by atoms with Gasteiger partial charge in [0.05, 0.1) is 17.6 Å². The number of carbonyl (C=O) groups is 1. The summed E-state index contributed by atoms with van der Waals surface area (Å²) < 4.78 is 28.3. The van der Waals surface area contributed by atoms with Crippen molar-refractivity contribution in [2.75, 3.05) is 5.32 Å². The minimum atomic E-state index is -0.724. The number of nitrogens with one attached hydrogen (secondary N) is 1. The first-order valence-corrected chi connectivity index (χ1v) is 7.34. The van der Waals surface area contributed by atoms with E-state index in [1.807, 2.05) is 19.1 Å². The van der Waals surface area contributed by atoms with Crippen molar-refractivity contribution in [2.45, 2.75) is 13.8 Å². The van der Waals surface area contributed by atoms with Gasteiger partial charge in [0.15, 0.2) is 5.82 Å². The zero-order valence-electron chi connectivity index (χ0n) is 13.2. The van der Waals surface area contributed by atoms with Gasteiger partial charge in [-0.15, -0.1) is 0 Å². The molecular formula is C18H15F2N3O. The van der Waals surface area contributed by atoms with Crippen molar-refractivity contribution in [1.29, 1.82) is 0 Å². The van der Waals surface area contributed by atoms with E-state index in [2.05, 4.69) is 10.4 Å². The lowest BCUT2D eigenvalue weighted by atomic mass is 10.1. The van der Waals surface area contributed by atoms with Crippen molar-refractivity contribution >= 4 is 11.6 Å². The Morgan fingerprint density at radius 2 is 1.88 bits per heavy atom. The molecule has 1 amide bonds. The molecule has 2 aromatic carbocycles. The topological polar surface area (TPSA) is 46.9 Å². The monoisotopic (exact) mass is 327 g/mol. The molecule has 24 heavy (non-hydrogen) atoms. The number of carbonyl (C=O) groups excluding carboxylic acids is 1. The Balaban J connectivity index is 1.91. The van der Waals surface area contributed by atoms with Crippen LogP contribution in [0.4, 0.5) is 14.5 Å². The Morgan fingerprint density at radius 3 is 2.58 bits per heavy atom. The summed E-state index contributed by atoms with van der Waals surface area (Å²) in [5.41, 5.74) is 2.53. The minimum Gasteiger partial charge on any atom is -0.319 e. The van der Waals surface area contributed by atoms with Crippen molar-refractivity contribution in [1.82, 2.24) is 9.78 Å². The van der Waals surface area contributed by atoms with E-state index in [1.165, 1.54) is 16.9 Å². The second kappa shape index (κ2) is 6.23. The fraction of sp³-hybridized carbons (Fsp3) is 0.111. The first kappa shape index (κ1) is 15.9. The fourth-order valence-electron chi connectivity index (χ4n) is 2.45. The molecule has 0 aliphatic rings. The van der Waals surface area contributed by atoms with Crippen LogP contribution in [0.2, 0.25) is 0 Å². The highest BCUT2D eigenvalue weighted by atomic mass is 19.1. The molecule has 0 radical (unpaired) electrons. The zero-order chi connectivity index (χ0) is 17.3. The molecule has 3 rings (SSSR count). The van der Waals surface area contributed by atoms with E-state index in [0.717, 1.165) is 17.7 Å². The van der Waals surface area contributed by atoms with Gasteiger partial charge in [-0.2, -0.15) is 5.10 Å². The van der Waals surface area contributed by atoms with Crippen LogP contribution in [0.25, 0.3) is 5.69 Å². The van der Waals surface area contributed by atoms with Gasteiger partial charge in [-0.05, 0) is 37.6 Å². The molecule has 3 aromatic rings. The predicted molar refractivity (Wildman–Crippen MR) is 87.3 cm³/mol. The molecule has 0 saturated carbocycles. The van der Waals surface area contributed by atoms with Gasteiger partial charge < -0.3 is 5.32 Å². The number of anilines is 1. The summed E-state index contributed by atoms with van der Waals surface area (Å²) in [5.74, 6) is -1.65. The summed E-state index contributed by atoms with van der Waals surface area (Å²) in [4.78, 5) is 12.4. The second-order valence-electron chi connectivity index (χ2n) is 5.42. The molecular weight excluding hydrogens is 312 g/mol. The normalized spacial score (nSPS) is 10.7. The molecule has 0 bridgehead atoms. The number of nitrogens with zero attached hydrogens (tertiary/aromatic N) is 2. The molecule has 1 N–H and O–H groups in total. The summed E-state index contributed by atoms with van der Waals surface area (Å²) in [5, 5.41) is 6.85. The third-order valence-corrected chi connectivity index (χ3v) is 3.79. The molecule has 0 atom stereocenters. The number of hydrogen-bond acceptors (Lipinski definition) is 2. The van der Waals surface area contributed by atoms with Crippen molar-refractivity contribution in [3.8, 4) is 5.69 Å². The maximum Gasteiger partial charge on any atom is 0.256 e. The summed E-state index contributed by atoms with van der Waals surface area (Å²) in [6.45, 7) is 3.54. The van der Waals surface area contributed by atoms with Gasteiger partial charge in [-0.3, -0.25) is 4.79 Å². The first-order valence-electron chi connectivity index (χ1n) is 7.34. The van der Waals surface area contributed by atoms with Crippen LogP contribution in [0.3, 0.4) is 0 Å². The van der Waals surface area contributed by atoms with E-state index in [1.54, 1.807) is 19.1 Å². The fourth-order valence-corrected chi connectivity index (χ4v) is 2.45. The van der Waals surface area contributed by atoms with E-state index in [9.17, 15) is 13.6 Å². The van der Waals surface area contributed by atoms with Gasteiger partial charge in [0.25, 0.3) is 5.91 Å². The van der Waals surface area contributed by atoms with E-state index in [4.69, 9.17) is 0 Å². The Bertz CT molecular complexity index is 918. The number of aromatic nitrogens is 2. The smallest absolute Gasteiger partial charge is 0.256 e. The van der Waals surface area contributed by atoms with Crippen LogP contribution in [-0.2, 0) is 0 Å². The van der Waals surface area contributed by atoms with Crippen LogP contribution < -0.4 is 5.32 Å². The van der Waals surface area contributed by atoms with Crippen LogP contribution in [0.5, 0.6) is 0 Å². The molecule has 1 heterocycles. The van der Waals surface area contributed by atoms with Crippen LogP contribution in [0, 0.1) is 25.5 Å². The van der Waals surface area contributed by atoms with E-state index in [0.29, 0.717) is 16.9 Å². The molecule has 0 spiro atoms. The largest absolute Gasteiger partial charge is 0.319 e. The number of rotatable bonds is 3. The Morgan fingerprint density at radius 1 is 1.12 bits per heavy atom. The third-order valence-electron chi connectivity index (χ3n) is 3.79. The van der Waals surface area contributed by atoms with Crippen molar-refractivity contribution in [3.63, 3.8) is 0 Å². The third kappa shape index (κ3) is 2.90. The average molecular weight is 327 g/mol. The molecule has 0 fully saturated rings. The second-order valence-corrected chi connectivity index (χ2v) is 5.42. The number of benzene rings is 2. The summed E-state index contributed by atoms with van der Waals surface area (Å²) >= 11 is 0. The maximum atomic E-state index is 13.9. The van der Waals surface area contributed by atoms with Gasteiger partial charge in [-0.25, -0.2) is 13.5 Å². The molecule has 0 unspecified atom stereocenters. The standard InChI is InChI=1S/C18H15F2N3O/c1-11-5-3-4-6-14(11)18(24)22-16-10-21-23(12(16)2)17-8-7-13(19)9-15(17)20/h3-10H,1-2H3,(H,22,24). The molecule has 122 valence electrons. The van der Waals surface area contributed by atoms with E-state index in [-0.39, 0.29) is 11.6 Å². The molecule has 0 aliphatic heterocycles. The molecule has 6 heteroatoms. The van der Waals surface area contributed by atoms with Crippen molar-refractivity contribution < 1.29 is 13.6 Å². The predicted octanol–water partition coefficient (Wildman–Crippen LogP) is 4.02. The highest BCUT2D eigenvalue weighted by Gasteiger charge is 2.15. The lowest BCUT2D eigenvalue weighted by Crippen LogP contribution is -2.14. The average Bonchev–Trinajstić information content (AvgIpc) is 2.89. The summed E-state index contributed by atoms with van der Waals surface area (Å²) in [6, 6.07) is 10.5. The molecule has 0 aliphatic carbocycles. The maximum absolute atomic E-state index is 13.9. The van der Waals surface area contributed by atoms with Gasteiger partial charge >= 0.3 is 0 Å². The molecule has 0 saturated heterocycles. The Hall–Kier alpha value is -3.02. The lowest BCUT2D eigenvalue weighted by Gasteiger charge is -2.09. The first-order chi connectivity index (χ1) is 11.5. The minimum absolute atomic E-state index is 0.116. The van der Waals surface area contributed by atoms with Crippen LogP contribution in [0.1, 0.15) is 21.6 Å². The highest BCUT2D eigenvalue weighted by molar-refractivity contribution is 6.05. The van der Waals surface area contributed by atoms with Crippen molar-refractivity contribution in [3.05, 3.63) is 77.1 Å². The van der Waals surface area contributed by atoms with Crippen LogP contribution in [0.15, 0.2) is 48.7 Å². The summed E-state index contributed by atoms with van der Waals surface area (Å²) in [7, 11) is 0. The van der Waals surface area contributed by atoms with Crippen molar-refractivity contribution in [2.24, 2.45) is 0 Å². The SMILES string of the molecule is Cc1ccccc1C(=O)Nc1cnn(-c2ccc(F)cc2F)c1C. The number of hydrogen-bond donors (Lipinski definition) is 1. The van der Waals surface area contributed by atoms with Gasteiger partial charge in [0.1, 0.15) is 11.5 Å². The van der Waals surface area contributed by atoms with E-state index < -0.39 is 11.6 Å². The number of halogens is 2. The summed E-state index contributed by atoms with van der Waals surface area (Å²) in [6.07, 6.45) is 1.44. The number of aryl methyl sites for hydroxylation is 1. The van der Waals surface area contributed by atoms with E-state index >= 15 is 0 Å². The lowest BCUT2D eigenvalue weighted by molar-refractivity contribution is 0.102. The molecule has 4 nitrogen and oxygen atoms in total. The zero-order valence-corrected chi connectivity index (χ0v) is 13.2. The quantitative estimate of drug-likeness (QED) is 0.790. The Labute approximate surface area is 137 Å².